The molecule has 0 bridgehead atoms. The number of carbonyl (C=O) groups is 13. The van der Waals surface area contributed by atoms with Crippen LogP contribution in [0.4, 0.5) is 0 Å². The molecule has 2 heterocycles. The van der Waals surface area contributed by atoms with Crippen molar-refractivity contribution in [3.63, 3.8) is 0 Å². The summed E-state index contributed by atoms with van der Waals surface area (Å²) >= 11 is 1.45. The van der Waals surface area contributed by atoms with Gasteiger partial charge in [-0.15, -0.1) is 0 Å². The smallest absolute Gasteiger partial charge is 0.245 e. The molecule has 31 nitrogen and oxygen atoms in total. The second kappa shape index (κ2) is 41.0. The van der Waals surface area contributed by atoms with Crippen LogP contribution in [0.15, 0.2) is 65.7 Å². The maximum Gasteiger partial charge on any atom is 0.245 e. The van der Waals surface area contributed by atoms with Crippen molar-refractivity contribution in [3.8, 4) is 0 Å². The Hall–Kier alpha value is -8.91. The molecular weight excluding hydrogens is 1250 g/mol. The Morgan fingerprint density at radius 1 is 0.537 bits per heavy atom. The lowest BCUT2D eigenvalue weighted by molar-refractivity contribution is -0.144. The van der Waals surface area contributed by atoms with Gasteiger partial charge >= 0.3 is 0 Å². The number of hydrogen-bond donors (Lipinski definition) is 15. The molecule has 2 saturated heterocycles. The van der Waals surface area contributed by atoms with Crippen molar-refractivity contribution in [2.45, 2.75) is 183 Å². The van der Waals surface area contributed by atoms with E-state index in [9.17, 15) is 62.3 Å². The van der Waals surface area contributed by atoms with Gasteiger partial charge in [0.05, 0.1) is 12.6 Å². The first kappa shape index (κ1) is 78.5. The molecule has 4 rings (SSSR count). The van der Waals surface area contributed by atoms with Crippen LogP contribution in [0.5, 0.6) is 0 Å². The molecule has 0 aliphatic carbocycles. The molecule has 0 unspecified atom stereocenters. The van der Waals surface area contributed by atoms with Gasteiger partial charge in [-0.3, -0.25) is 67.3 Å². The molecule has 32 heteroatoms. The predicted octanol–water partition coefficient (Wildman–Crippen LogP) is -3.71. The number of thioether (sulfide) groups is 1. The standard InChI is InChI=1S/C63H98N18O13S/c1-37(2)33-45(57(89)74-41(53(68)85)27-32-95-3)73-52(84)36-72-54(86)46(34-38-15-6-4-7-16-38)78-58(90)47(35-39-17-8-5-9-18-39)79-56(88)42(23-25-50(66)82)75-55(87)43(24-26-51(67)83)76-59(91)49-22-14-31-81(49)62(94)44(20-10-11-28-64)77-60(92)48-21-13-30-80(48)61(93)40(65)19-12-29-71-63(69)70/h4-9,15-18,37,40-49H,10-14,19-36,64-65H2,1-3H3,(H2,66,82)(H2,67,83)(H2,68,85)(H,72,86)(H,73,84)(H,74,89)(H,75,87)(H,76,91)(H,77,92)(H,78,90)(H,79,88)(H4,69,70,71)/t40-,41+,42+,43-,44+,45-,46-,47+,48-,49+/m1/s1. The highest BCUT2D eigenvalue weighted by molar-refractivity contribution is 7.98. The normalized spacial score (nSPS) is 16.8. The summed E-state index contributed by atoms with van der Waals surface area (Å²) < 4.78 is 0. The second-order valence-electron chi connectivity index (χ2n) is 24.1. The second-order valence-corrected chi connectivity index (χ2v) is 25.1. The Morgan fingerprint density at radius 2 is 1.01 bits per heavy atom. The molecule has 2 aromatic carbocycles. The van der Waals surface area contributed by atoms with Crippen LogP contribution in [0.3, 0.4) is 0 Å². The van der Waals surface area contributed by atoms with Crippen molar-refractivity contribution in [2.75, 3.05) is 44.7 Å². The number of rotatable bonds is 42. The van der Waals surface area contributed by atoms with Gasteiger partial charge < -0.3 is 92.5 Å². The highest BCUT2D eigenvalue weighted by Crippen LogP contribution is 2.24. The quantitative estimate of drug-likeness (QED) is 0.0173. The van der Waals surface area contributed by atoms with Gasteiger partial charge in [-0.1, -0.05) is 74.5 Å². The van der Waals surface area contributed by atoms with E-state index in [1.54, 1.807) is 60.7 Å². The number of aliphatic imine (C=N–C) groups is 1. The first-order chi connectivity index (χ1) is 45.2. The number of benzene rings is 2. The SMILES string of the molecule is CSCC[C@H](NC(=O)[C@@H](CC(C)C)NC(=O)CNC(=O)[C@@H](Cc1ccccc1)NC(=O)[C@H](Cc1ccccc1)NC(=O)[C@H](CCC(N)=O)NC(=O)[C@@H](CCC(N)=O)NC(=O)[C@@H]1CCCN1C(=O)[C@H](CCCCN)NC(=O)[C@H]1CCCN1C(=O)[C@H](N)CCCN=C(N)N)C(N)=O. The number of primary amides is 3. The number of nitrogens with one attached hydrogen (secondary N) is 8. The lowest BCUT2D eigenvalue weighted by atomic mass is 10.0. The summed E-state index contributed by atoms with van der Waals surface area (Å²) in [7, 11) is 0. The average Bonchev–Trinajstić information content (AvgIpc) is 1.74. The topological polar surface area (TPSA) is 519 Å². The largest absolute Gasteiger partial charge is 0.370 e. The lowest BCUT2D eigenvalue weighted by Crippen LogP contribution is -2.60. The Morgan fingerprint density at radius 3 is 1.51 bits per heavy atom. The van der Waals surface area contributed by atoms with Gasteiger partial charge in [0.25, 0.3) is 0 Å². The van der Waals surface area contributed by atoms with Gasteiger partial charge in [-0.25, -0.2) is 0 Å². The van der Waals surface area contributed by atoms with Crippen LogP contribution in [0, 0.1) is 5.92 Å². The van der Waals surface area contributed by atoms with Crippen molar-refractivity contribution in [2.24, 2.45) is 51.0 Å². The fourth-order valence-corrected chi connectivity index (χ4v) is 11.5. The third kappa shape index (κ3) is 27.5. The lowest BCUT2D eigenvalue weighted by Gasteiger charge is -2.32. The van der Waals surface area contributed by atoms with E-state index in [2.05, 4.69) is 47.5 Å². The third-order valence-electron chi connectivity index (χ3n) is 16.0. The first-order valence-electron chi connectivity index (χ1n) is 32.2. The molecule has 2 aliphatic rings. The minimum Gasteiger partial charge on any atom is -0.370 e. The Labute approximate surface area is 558 Å². The summed E-state index contributed by atoms with van der Waals surface area (Å²) in [5, 5.41) is 21.1. The molecule has 2 aromatic rings. The molecule has 0 spiro atoms. The number of nitrogens with two attached hydrogens (primary N) is 7. The van der Waals surface area contributed by atoms with Crippen LogP contribution in [0.1, 0.15) is 121 Å². The zero-order chi connectivity index (χ0) is 70.1. The molecule has 524 valence electrons. The van der Waals surface area contributed by atoms with E-state index < -0.39 is 169 Å². The maximum atomic E-state index is 14.7. The Balaban J connectivity index is 1.56. The zero-order valence-corrected chi connectivity index (χ0v) is 55.3. The van der Waals surface area contributed by atoms with E-state index >= 15 is 0 Å². The van der Waals surface area contributed by atoms with Crippen LogP contribution < -0.4 is 82.7 Å². The molecule has 10 atom stereocenters. The number of carbonyl (C=O) groups excluding carboxylic acids is 13. The minimum absolute atomic E-state index is 0.0736. The van der Waals surface area contributed by atoms with E-state index in [0.717, 1.165) is 0 Å². The number of guanidine groups is 1. The summed E-state index contributed by atoms with van der Waals surface area (Å²) in [5.74, 6) is -9.80. The van der Waals surface area contributed by atoms with Crippen molar-refractivity contribution in [1.82, 2.24) is 52.3 Å². The number of hydrogen-bond acceptors (Lipinski definition) is 17. The van der Waals surface area contributed by atoms with Crippen molar-refractivity contribution in [1.29, 1.82) is 0 Å². The summed E-state index contributed by atoms with van der Waals surface area (Å²) in [4.78, 5) is 185. The first-order valence-corrected chi connectivity index (χ1v) is 33.6. The number of nitrogens with zero attached hydrogens (tertiary/aromatic N) is 3. The van der Waals surface area contributed by atoms with Gasteiger partial charge in [0.2, 0.25) is 76.8 Å². The van der Waals surface area contributed by atoms with Gasteiger partial charge in [0, 0.05) is 45.3 Å². The molecule has 22 N–H and O–H groups in total. The van der Waals surface area contributed by atoms with Gasteiger partial charge in [-0.05, 0) is 119 Å². The average molecular weight is 1350 g/mol. The van der Waals surface area contributed by atoms with E-state index in [4.69, 9.17) is 40.1 Å². The van der Waals surface area contributed by atoms with Crippen molar-refractivity contribution in [3.05, 3.63) is 71.8 Å². The molecule has 2 aliphatic heterocycles. The van der Waals surface area contributed by atoms with Crippen LogP contribution in [-0.4, -0.2) is 198 Å². The van der Waals surface area contributed by atoms with Crippen molar-refractivity contribution < 1.29 is 62.3 Å². The number of amides is 13. The molecule has 0 saturated carbocycles. The number of likely N-dealkylation sites (tertiary alicyclic amines) is 2. The summed E-state index contributed by atoms with van der Waals surface area (Å²) in [5.41, 5.74) is 40.6. The van der Waals surface area contributed by atoms with E-state index in [1.807, 2.05) is 20.1 Å². The Kier molecular flexibility index (Phi) is 33.9. The predicted molar refractivity (Wildman–Crippen MR) is 356 cm³/mol. The molecular formula is C63H98N18O13S. The highest BCUT2D eigenvalue weighted by Gasteiger charge is 2.42. The number of unbranched alkanes of at least 4 members (excludes halogenated alkanes) is 1. The third-order valence-corrected chi connectivity index (χ3v) is 16.7. The highest BCUT2D eigenvalue weighted by atomic mass is 32.2. The van der Waals surface area contributed by atoms with Crippen LogP contribution in [0.2, 0.25) is 0 Å². The van der Waals surface area contributed by atoms with Crippen LogP contribution in [-0.2, 0) is 75.2 Å². The zero-order valence-electron chi connectivity index (χ0n) is 54.5. The van der Waals surface area contributed by atoms with Gasteiger partial charge in [-0.2, -0.15) is 11.8 Å². The molecule has 2 fully saturated rings. The molecule has 0 aromatic heterocycles. The van der Waals surface area contributed by atoms with Crippen molar-refractivity contribution >= 4 is 94.5 Å². The van der Waals surface area contributed by atoms with Gasteiger partial charge in [0.15, 0.2) is 5.96 Å². The monoisotopic (exact) mass is 1350 g/mol. The molecule has 13 amide bonds. The summed E-state index contributed by atoms with van der Waals surface area (Å²) in [6.45, 7) is 3.86. The fraction of sp³-hybridized carbons (Fsp3) is 0.587. The minimum atomic E-state index is -1.64. The summed E-state index contributed by atoms with van der Waals surface area (Å²) in [6, 6.07) is 4.51. The van der Waals surface area contributed by atoms with Crippen LogP contribution >= 0.6 is 11.8 Å². The molecule has 95 heavy (non-hydrogen) atoms. The van der Waals surface area contributed by atoms with Crippen LogP contribution in [0.25, 0.3) is 0 Å². The van der Waals surface area contributed by atoms with E-state index in [0.29, 0.717) is 55.4 Å². The van der Waals surface area contributed by atoms with Gasteiger partial charge in [0.1, 0.15) is 54.4 Å². The molecule has 0 radical (unpaired) electrons. The fourth-order valence-electron chi connectivity index (χ4n) is 11.0. The summed E-state index contributed by atoms with van der Waals surface area (Å²) in [6.07, 6.45) is 3.12. The Bertz CT molecular complexity index is 2960. The maximum absolute atomic E-state index is 14.7. The van der Waals surface area contributed by atoms with E-state index in [1.165, 1.54) is 21.6 Å². The van der Waals surface area contributed by atoms with E-state index in [-0.39, 0.29) is 83.0 Å².